The highest BCUT2D eigenvalue weighted by Gasteiger charge is 2.23. The first kappa shape index (κ1) is 15.6. The summed E-state index contributed by atoms with van der Waals surface area (Å²) in [4.78, 5) is 26.5. The summed E-state index contributed by atoms with van der Waals surface area (Å²) in [5.41, 5.74) is 2.13. The molecular formula is C15H23N3O3. The van der Waals surface area contributed by atoms with Crippen molar-refractivity contribution in [2.24, 2.45) is 0 Å². The number of amides is 2. The second kappa shape index (κ2) is 6.76. The molecule has 21 heavy (non-hydrogen) atoms. The molecule has 2 unspecified atom stereocenters. The number of ether oxygens (including phenoxy) is 1. The molecule has 6 nitrogen and oxygen atoms in total. The Bertz CT molecular complexity index is 562. The van der Waals surface area contributed by atoms with Crippen LogP contribution in [0.15, 0.2) is 10.9 Å². The molecule has 116 valence electrons. The molecule has 2 heterocycles. The van der Waals surface area contributed by atoms with Gasteiger partial charge in [0.05, 0.1) is 18.7 Å². The third-order valence-corrected chi connectivity index (χ3v) is 3.80. The summed E-state index contributed by atoms with van der Waals surface area (Å²) in [7, 11) is 0. The Labute approximate surface area is 124 Å². The second-order valence-electron chi connectivity index (χ2n) is 5.61. The monoisotopic (exact) mass is 293 g/mol. The lowest BCUT2D eigenvalue weighted by Gasteiger charge is -2.20. The molecule has 0 spiro atoms. The number of carbonyl (C=O) groups is 1. The number of H-pyrrole nitrogens is 1. The van der Waals surface area contributed by atoms with Crippen molar-refractivity contribution in [2.45, 2.75) is 52.3 Å². The van der Waals surface area contributed by atoms with Gasteiger partial charge in [0, 0.05) is 17.9 Å². The van der Waals surface area contributed by atoms with E-state index < -0.39 is 0 Å². The summed E-state index contributed by atoms with van der Waals surface area (Å²) in [6.07, 6.45) is 2.09. The Morgan fingerprint density at radius 1 is 1.52 bits per heavy atom. The molecule has 2 amide bonds. The van der Waals surface area contributed by atoms with E-state index in [-0.39, 0.29) is 30.3 Å². The van der Waals surface area contributed by atoms with Crippen molar-refractivity contribution in [3.05, 3.63) is 33.2 Å². The van der Waals surface area contributed by atoms with E-state index >= 15 is 0 Å². The molecule has 2 rings (SSSR count). The lowest BCUT2D eigenvalue weighted by Crippen LogP contribution is -2.46. The summed E-state index contributed by atoms with van der Waals surface area (Å²) in [6.45, 7) is 6.61. The Hall–Kier alpha value is -1.82. The highest BCUT2D eigenvalue weighted by atomic mass is 16.5. The molecule has 1 aliphatic heterocycles. The summed E-state index contributed by atoms with van der Waals surface area (Å²) < 4.78 is 5.53. The first-order valence-corrected chi connectivity index (χ1v) is 7.32. The number of aromatic amines is 1. The van der Waals surface area contributed by atoms with E-state index in [0.717, 1.165) is 30.7 Å². The number of pyridine rings is 1. The molecular weight excluding hydrogens is 270 g/mol. The third kappa shape index (κ3) is 4.07. The van der Waals surface area contributed by atoms with Crippen molar-refractivity contribution < 1.29 is 9.53 Å². The molecule has 0 bridgehead atoms. The third-order valence-electron chi connectivity index (χ3n) is 3.80. The highest BCUT2D eigenvalue weighted by Crippen LogP contribution is 2.15. The van der Waals surface area contributed by atoms with Gasteiger partial charge in [0.2, 0.25) is 0 Å². The topological polar surface area (TPSA) is 83.2 Å². The maximum Gasteiger partial charge on any atom is 0.315 e. The van der Waals surface area contributed by atoms with E-state index in [2.05, 4.69) is 15.6 Å². The van der Waals surface area contributed by atoms with E-state index in [1.165, 1.54) is 0 Å². The van der Waals surface area contributed by atoms with Gasteiger partial charge in [-0.1, -0.05) is 0 Å². The van der Waals surface area contributed by atoms with Gasteiger partial charge in [-0.2, -0.15) is 0 Å². The number of hydrogen-bond acceptors (Lipinski definition) is 3. The highest BCUT2D eigenvalue weighted by molar-refractivity contribution is 5.74. The van der Waals surface area contributed by atoms with Crippen molar-refractivity contribution in [1.29, 1.82) is 0 Å². The summed E-state index contributed by atoms with van der Waals surface area (Å²) >= 11 is 0. The molecule has 0 aliphatic carbocycles. The van der Waals surface area contributed by atoms with Crippen LogP contribution in [0, 0.1) is 13.8 Å². The number of nitrogens with one attached hydrogen (secondary N) is 3. The zero-order chi connectivity index (χ0) is 15.4. The van der Waals surface area contributed by atoms with E-state index in [4.69, 9.17) is 4.74 Å². The van der Waals surface area contributed by atoms with Gasteiger partial charge in [0.25, 0.3) is 5.56 Å². The van der Waals surface area contributed by atoms with Crippen LogP contribution in [-0.2, 0) is 11.3 Å². The van der Waals surface area contributed by atoms with Crippen molar-refractivity contribution in [3.8, 4) is 0 Å². The fraction of sp³-hybridized carbons (Fsp3) is 0.600. The van der Waals surface area contributed by atoms with Gasteiger partial charge in [-0.15, -0.1) is 0 Å². The van der Waals surface area contributed by atoms with Crippen LogP contribution in [0.1, 0.15) is 36.6 Å². The number of aryl methyl sites for hydroxylation is 2. The van der Waals surface area contributed by atoms with Crippen LogP contribution in [-0.4, -0.2) is 29.8 Å². The molecule has 1 aromatic heterocycles. The molecule has 0 radical (unpaired) electrons. The van der Waals surface area contributed by atoms with Crippen LogP contribution < -0.4 is 16.2 Å². The molecule has 0 aromatic carbocycles. The normalized spacial score (nSPS) is 19.3. The number of urea groups is 1. The van der Waals surface area contributed by atoms with Gasteiger partial charge in [0.1, 0.15) is 0 Å². The molecule has 1 aliphatic rings. The quantitative estimate of drug-likeness (QED) is 0.784. The van der Waals surface area contributed by atoms with Crippen molar-refractivity contribution >= 4 is 6.03 Å². The van der Waals surface area contributed by atoms with Crippen molar-refractivity contribution in [1.82, 2.24) is 15.6 Å². The Morgan fingerprint density at radius 3 is 2.90 bits per heavy atom. The molecule has 3 N–H and O–H groups in total. The maximum atomic E-state index is 11.9. The van der Waals surface area contributed by atoms with Gasteiger partial charge in [-0.05, 0) is 45.2 Å². The van der Waals surface area contributed by atoms with Gasteiger partial charge in [-0.25, -0.2) is 4.79 Å². The number of carbonyl (C=O) groups excluding carboxylic acids is 1. The number of hydrogen-bond donors (Lipinski definition) is 3. The van der Waals surface area contributed by atoms with Gasteiger partial charge < -0.3 is 20.4 Å². The summed E-state index contributed by atoms with van der Waals surface area (Å²) in [5.74, 6) is 0. The van der Waals surface area contributed by atoms with Crippen LogP contribution in [0.4, 0.5) is 4.79 Å². The van der Waals surface area contributed by atoms with Crippen LogP contribution in [0.25, 0.3) is 0 Å². The Kier molecular flexibility index (Phi) is 5.01. The van der Waals surface area contributed by atoms with Crippen LogP contribution in [0.5, 0.6) is 0 Å². The number of aromatic nitrogens is 1. The average Bonchev–Trinajstić information content (AvgIpc) is 2.91. The summed E-state index contributed by atoms with van der Waals surface area (Å²) in [5, 5.41) is 5.58. The van der Waals surface area contributed by atoms with E-state index in [0.29, 0.717) is 5.56 Å². The van der Waals surface area contributed by atoms with Gasteiger partial charge in [0.15, 0.2) is 0 Å². The van der Waals surface area contributed by atoms with Crippen LogP contribution in [0.2, 0.25) is 0 Å². The van der Waals surface area contributed by atoms with E-state index in [9.17, 15) is 9.59 Å². The maximum absolute atomic E-state index is 11.9. The minimum atomic E-state index is -0.280. The largest absolute Gasteiger partial charge is 0.376 e. The first-order chi connectivity index (χ1) is 9.97. The minimum absolute atomic E-state index is 0.0371. The molecule has 2 atom stereocenters. The van der Waals surface area contributed by atoms with Gasteiger partial charge in [-0.3, -0.25) is 4.79 Å². The van der Waals surface area contributed by atoms with Crippen LogP contribution >= 0.6 is 0 Å². The fourth-order valence-electron chi connectivity index (χ4n) is 2.62. The molecule has 1 saturated heterocycles. The molecule has 1 fully saturated rings. The smallest absolute Gasteiger partial charge is 0.315 e. The van der Waals surface area contributed by atoms with Gasteiger partial charge >= 0.3 is 6.03 Å². The average molecular weight is 293 g/mol. The summed E-state index contributed by atoms with van der Waals surface area (Å²) in [6, 6.07) is 1.58. The lowest BCUT2D eigenvalue weighted by atomic mass is 10.1. The Balaban J connectivity index is 1.88. The zero-order valence-corrected chi connectivity index (χ0v) is 12.8. The predicted octanol–water partition coefficient (Wildman–Crippen LogP) is 1.36. The minimum Gasteiger partial charge on any atom is -0.376 e. The second-order valence-corrected chi connectivity index (χ2v) is 5.61. The first-order valence-electron chi connectivity index (χ1n) is 7.32. The number of rotatable bonds is 4. The molecule has 6 heteroatoms. The van der Waals surface area contributed by atoms with Crippen LogP contribution in [0.3, 0.4) is 0 Å². The van der Waals surface area contributed by atoms with Crippen molar-refractivity contribution in [2.75, 3.05) is 6.61 Å². The van der Waals surface area contributed by atoms with E-state index in [1.807, 2.05) is 26.8 Å². The van der Waals surface area contributed by atoms with Crippen molar-refractivity contribution in [3.63, 3.8) is 0 Å². The lowest BCUT2D eigenvalue weighted by molar-refractivity contribution is 0.0860. The van der Waals surface area contributed by atoms with E-state index in [1.54, 1.807) is 0 Å². The SMILES string of the molecule is Cc1cc(C)c(CNC(=O)NC(C)C2CCCO2)c(=O)[nH]1. The molecule has 1 aromatic rings. The standard InChI is InChI=1S/C15H23N3O3/c1-9-7-10(2)17-14(19)12(9)8-16-15(20)18-11(3)13-5-4-6-21-13/h7,11,13H,4-6,8H2,1-3H3,(H,17,19)(H2,16,18,20). The Morgan fingerprint density at radius 2 is 2.29 bits per heavy atom. The molecule has 0 saturated carbocycles. The fourth-order valence-corrected chi connectivity index (χ4v) is 2.62. The zero-order valence-electron chi connectivity index (χ0n) is 12.8. The predicted molar refractivity (Wildman–Crippen MR) is 80.3 cm³/mol.